The molecule has 0 radical (unpaired) electrons. The molecule has 1 saturated carbocycles. The lowest BCUT2D eigenvalue weighted by molar-refractivity contribution is -0.162. The van der Waals surface area contributed by atoms with Gasteiger partial charge in [0.25, 0.3) is 0 Å². The molecule has 6 heteroatoms. The third-order valence-electron chi connectivity index (χ3n) is 10.3. The van der Waals surface area contributed by atoms with Crippen LogP contribution in [0, 0.1) is 5.41 Å². The fraction of sp³-hybridized carbons (Fsp3) is 0.156. The standard InChI is InChI=1S/C45H40N2O4/c46-41(48)43(31-32-43)42(49)47(39(33-19-7-1-8-20-33)44(50,35-23-11-3-12-24-35)36-25-13-4-14-26-36)40(34-21-9-2-10-22-34)45(51,37-27-15-5-16-28-37)38-29-17-6-18-30-38/h1-30,39-40,50-51H,31-32H2,(H2,46,48). The third kappa shape index (κ3) is 5.92. The lowest BCUT2D eigenvalue weighted by Gasteiger charge is -2.52. The Morgan fingerprint density at radius 2 is 0.745 bits per heavy atom. The van der Waals surface area contributed by atoms with Crippen LogP contribution in [0.15, 0.2) is 182 Å². The van der Waals surface area contributed by atoms with E-state index in [9.17, 15) is 15.0 Å². The largest absolute Gasteiger partial charge is 0.378 e. The second-order valence-electron chi connectivity index (χ2n) is 13.3. The summed E-state index contributed by atoms with van der Waals surface area (Å²) < 4.78 is 0. The SMILES string of the molecule is NC(=O)C1(C(=O)N(C(c2ccccc2)C(O)(c2ccccc2)c2ccccc2)C(c2ccccc2)C(O)(c2ccccc2)c2ccccc2)CC1. The number of nitrogens with two attached hydrogens (primary N) is 1. The van der Waals surface area contributed by atoms with Gasteiger partial charge in [-0.05, 0) is 46.2 Å². The highest BCUT2D eigenvalue weighted by Gasteiger charge is 2.63. The monoisotopic (exact) mass is 672 g/mol. The molecule has 1 aliphatic rings. The van der Waals surface area contributed by atoms with Crippen molar-refractivity contribution in [1.29, 1.82) is 0 Å². The van der Waals surface area contributed by atoms with Crippen molar-refractivity contribution in [2.75, 3.05) is 0 Å². The molecule has 7 rings (SSSR count). The Bertz CT molecular complexity index is 1860. The molecule has 1 fully saturated rings. The molecule has 6 aromatic rings. The van der Waals surface area contributed by atoms with Gasteiger partial charge in [0.05, 0.1) is 12.1 Å². The summed E-state index contributed by atoms with van der Waals surface area (Å²) in [7, 11) is 0. The Balaban J connectivity index is 1.64. The van der Waals surface area contributed by atoms with Crippen molar-refractivity contribution in [3.05, 3.63) is 215 Å². The molecule has 0 aromatic heterocycles. The van der Waals surface area contributed by atoms with Crippen LogP contribution in [0.3, 0.4) is 0 Å². The average molecular weight is 673 g/mol. The summed E-state index contributed by atoms with van der Waals surface area (Å²) >= 11 is 0. The van der Waals surface area contributed by atoms with Crippen molar-refractivity contribution in [3.63, 3.8) is 0 Å². The van der Waals surface area contributed by atoms with Crippen LogP contribution in [0.2, 0.25) is 0 Å². The summed E-state index contributed by atoms with van der Waals surface area (Å²) in [6.45, 7) is 0. The minimum absolute atomic E-state index is 0.255. The molecule has 6 nitrogen and oxygen atoms in total. The van der Waals surface area contributed by atoms with E-state index >= 15 is 4.79 Å². The predicted molar refractivity (Wildman–Crippen MR) is 198 cm³/mol. The quantitative estimate of drug-likeness (QED) is 0.118. The van der Waals surface area contributed by atoms with Crippen molar-refractivity contribution >= 4 is 11.8 Å². The molecule has 2 atom stereocenters. The summed E-state index contributed by atoms with van der Waals surface area (Å²) in [5, 5.41) is 27.4. The number of hydrogen-bond acceptors (Lipinski definition) is 4. The third-order valence-corrected chi connectivity index (χ3v) is 10.3. The van der Waals surface area contributed by atoms with Gasteiger partial charge in [0.2, 0.25) is 11.8 Å². The van der Waals surface area contributed by atoms with Crippen LogP contribution >= 0.6 is 0 Å². The van der Waals surface area contributed by atoms with Gasteiger partial charge >= 0.3 is 0 Å². The van der Waals surface area contributed by atoms with E-state index in [4.69, 9.17) is 5.73 Å². The van der Waals surface area contributed by atoms with Crippen molar-refractivity contribution in [2.24, 2.45) is 11.1 Å². The van der Waals surface area contributed by atoms with E-state index in [2.05, 4.69) is 0 Å². The fourth-order valence-corrected chi connectivity index (χ4v) is 7.53. The molecule has 0 saturated heterocycles. The molecule has 2 amide bonds. The molecule has 0 aliphatic heterocycles. The number of amides is 2. The van der Waals surface area contributed by atoms with E-state index in [0.29, 0.717) is 33.4 Å². The van der Waals surface area contributed by atoms with Gasteiger partial charge in [0.15, 0.2) is 0 Å². The Hall–Kier alpha value is -5.82. The first kappa shape index (κ1) is 33.7. The van der Waals surface area contributed by atoms with E-state index in [1.54, 1.807) is 4.90 Å². The van der Waals surface area contributed by atoms with Gasteiger partial charge < -0.3 is 20.8 Å². The number of benzene rings is 6. The normalized spacial score (nSPS) is 14.9. The first-order valence-corrected chi connectivity index (χ1v) is 17.2. The van der Waals surface area contributed by atoms with Crippen LogP contribution in [-0.2, 0) is 20.8 Å². The van der Waals surface area contributed by atoms with E-state index in [1.165, 1.54) is 0 Å². The van der Waals surface area contributed by atoms with Crippen LogP contribution in [0.1, 0.15) is 58.3 Å². The maximum absolute atomic E-state index is 15.7. The van der Waals surface area contributed by atoms with E-state index in [0.717, 1.165) is 0 Å². The molecule has 0 heterocycles. The van der Waals surface area contributed by atoms with Crippen molar-refractivity contribution in [3.8, 4) is 0 Å². The van der Waals surface area contributed by atoms with Crippen LogP contribution < -0.4 is 5.73 Å². The lowest BCUT2D eigenvalue weighted by atomic mass is 9.71. The molecule has 254 valence electrons. The number of primary amides is 1. The summed E-state index contributed by atoms with van der Waals surface area (Å²) in [5.74, 6) is -1.30. The van der Waals surface area contributed by atoms with Crippen LogP contribution in [0.25, 0.3) is 0 Å². The minimum atomic E-state index is -1.89. The van der Waals surface area contributed by atoms with Gasteiger partial charge in [-0.2, -0.15) is 0 Å². The first-order chi connectivity index (χ1) is 24.8. The summed E-state index contributed by atoms with van der Waals surface area (Å²) in [4.78, 5) is 30.7. The Morgan fingerprint density at radius 1 is 0.490 bits per heavy atom. The smallest absolute Gasteiger partial charge is 0.239 e. The molecule has 2 unspecified atom stereocenters. The van der Waals surface area contributed by atoms with Gasteiger partial charge in [-0.3, -0.25) is 9.59 Å². The van der Waals surface area contributed by atoms with Gasteiger partial charge in [-0.25, -0.2) is 0 Å². The summed E-state index contributed by atoms with van der Waals surface area (Å²) in [5.41, 5.74) is 4.11. The van der Waals surface area contributed by atoms with Crippen molar-refractivity contribution in [1.82, 2.24) is 4.90 Å². The number of nitrogens with zero attached hydrogens (tertiary/aromatic N) is 1. The molecular weight excluding hydrogens is 633 g/mol. The van der Waals surface area contributed by atoms with E-state index < -0.39 is 40.5 Å². The highest BCUT2D eigenvalue weighted by molar-refractivity contribution is 6.07. The second kappa shape index (κ2) is 13.8. The highest BCUT2D eigenvalue weighted by Crippen LogP contribution is 2.57. The Kier molecular flexibility index (Phi) is 9.13. The van der Waals surface area contributed by atoms with Gasteiger partial charge in [-0.1, -0.05) is 182 Å². The van der Waals surface area contributed by atoms with Gasteiger partial charge in [0.1, 0.15) is 16.6 Å². The topological polar surface area (TPSA) is 104 Å². The number of aliphatic hydroxyl groups is 2. The van der Waals surface area contributed by atoms with Crippen LogP contribution in [0.5, 0.6) is 0 Å². The molecule has 0 spiro atoms. The van der Waals surface area contributed by atoms with Crippen LogP contribution in [0.4, 0.5) is 0 Å². The Labute approximate surface area is 298 Å². The van der Waals surface area contributed by atoms with E-state index in [-0.39, 0.29) is 12.8 Å². The highest BCUT2D eigenvalue weighted by atomic mass is 16.3. The maximum Gasteiger partial charge on any atom is 0.239 e. The van der Waals surface area contributed by atoms with E-state index in [1.807, 2.05) is 182 Å². The number of carbonyl (C=O) groups is 2. The second-order valence-corrected chi connectivity index (χ2v) is 13.3. The van der Waals surface area contributed by atoms with Gasteiger partial charge in [-0.15, -0.1) is 0 Å². The van der Waals surface area contributed by atoms with Crippen LogP contribution in [-0.4, -0.2) is 26.9 Å². The molecule has 4 N–H and O–H groups in total. The zero-order valence-corrected chi connectivity index (χ0v) is 28.1. The molecule has 1 aliphatic carbocycles. The number of rotatable bonds is 12. The lowest BCUT2D eigenvalue weighted by Crippen LogP contribution is -2.57. The first-order valence-electron chi connectivity index (χ1n) is 17.2. The number of carbonyl (C=O) groups excluding carboxylic acids is 2. The Morgan fingerprint density at radius 3 is 0.980 bits per heavy atom. The molecular formula is C45H40N2O4. The fourth-order valence-electron chi connectivity index (χ4n) is 7.53. The minimum Gasteiger partial charge on any atom is -0.378 e. The number of hydrogen-bond donors (Lipinski definition) is 3. The molecule has 51 heavy (non-hydrogen) atoms. The maximum atomic E-state index is 15.7. The zero-order chi connectivity index (χ0) is 35.5. The molecule has 0 bridgehead atoms. The molecule has 6 aromatic carbocycles. The average Bonchev–Trinajstić information content (AvgIpc) is 4.02. The summed E-state index contributed by atoms with van der Waals surface area (Å²) in [6, 6.07) is 53.3. The van der Waals surface area contributed by atoms with Gasteiger partial charge in [0, 0.05) is 0 Å². The zero-order valence-electron chi connectivity index (χ0n) is 28.1. The summed E-state index contributed by atoms with van der Waals surface area (Å²) in [6.07, 6.45) is 0.510. The van der Waals surface area contributed by atoms with Crippen molar-refractivity contribution < 1.29 is 19.8 Å². The van der Waals surface area contributed by atoms with Crippen molar-refractivity contribution in [2.45, 2.75) is 36.1 Å². The predicted octanol–water partition coefficient (Wildman–Crippen LogP) is 7.44.